The highest BCUT2D eigenvalue weighted by molar-refractivity contribution is 7.89. The predicted molar refractivity (Wildman–Crippen MR) is 97.7 cm³/mol. The number of hydrogen-bond acceptors (Lipinski definition) is 6. The smallest absolute Gasteiger partial charge is 0.246 e. The fourth-order valence-electron chi connectivity index (χ4n) is 3.78. The van der Waals surface area contributed by atoms with E-state index in [1.165, 1.54) is 10.6 Å². The molecule has 1 aromatic heterocycles. The van der Waals surface area contributed by atoms with Crippen LogP contribution in [0.15, 0.2) is 47.9 Å². The molecular weight excluding hydrogens is 352 g/mol. The summed E-state index contributed by atoms with van der Waals surface area (Å²) in [5, 5.41) is 0. The van der Waals surface area contributed by atoms with E-state index in [2.05, 4.69) is 14.9 Å². The summed E-state index contributed by atoms with van der Waals surface area (Å²) in [6, 6.07) is 6.87. The number of fused-ring (bicyclic) bond motifs is 1. The van der Waals surface area contributed by atoms with Crippen molar-refractivity contribution >= 4 is 15.7 Å². The molecule has 2 aromatic rings. The van der Waals surface area contributed by atoms with Gasteiger partial charge in [-0.2, -0.15) is 0 Å². The average molecular weight is 374 g/mol. The Labute approximate surface area is 153 Å². The standard InChI is InChI=1S/C18H22N4O3S/c1-21-12-18(6-8-22(9-7-18)15-10-19-14-20-11-15)13-25-16-4-2-3-5-17(16)26(21,23)24/h2-5,10-11,14H,6-9,12-13H2,1H3. The number of sulfonamides is 1. The Balaban J connectivity index is 1.58. The fourth-order valence-corrected chi connectivity index (χ4v) is 5.19. The van der Waals surface area contributed by atoms with Gasteiger partial charge in [0.2, 0.25) is 10.0 Å². The number of benzene rings is 1. The van der Waals surface area contributed by atoms with E-state index < -0.39 is 10.0 Å². The zero-order chi connectivity index (χ0) is 18.2. The zero-order valence-corrected chi connectivity index (χ0v) is 15.5. The quantitative estimate of drug-likeness (QED) is 0.757. The number of piperidine rings is 1. The molecule has 0 atom stereocenters. The molecule has 0 bridgehead atoms. The van der Waals surface area contributed by atoms with Crippen LogP contribution >= 0.6 is 0 Å². The Kier molecular flexibility index (Phi) is 4.32. The second kappa shape index (κ2) is 6.51. The van der Waals surface area contributed by atoms with E-state index in [4.69, 9.17) is 4.74 Å². The van der Waals surface area contributed by atoms with Gasteiger partial charge in [-0.05, 0) is 25.0 Å². The third-order valence-electron chi connectivity index (χ3n) is 5.37. The minimum absolute atomic E-state index is 0.193. The number of hydrogen-bond donors (Lipinski definition) is 0. The molecule has 7 nitrogen and oxygen atoms in total. The number of nitrogens with zero attached hydrogens (tertiary/aromatic N) is 4. The highest BCUT2D eigenvalue weighted by atomic mass is 32.2. The van der Waals surface area contributed by atoms with Gasteiger partial charge in [-0.1, -0.05) is 12.1 Å². The number of aromatic nitrogens is 2. The van der Waals surface area contributed by atoms with Crippen molar-refractivity contribution in [3.8, 4) is 5.75 Å². The van der Waals surface area contributed by atoms with Crippen LogP contribution in [0.3, 0.4) is 0 Å². The highest BCUT2D eigenvalue weighted by Crippen LogP contribution is 2.39. The molecule has 1 saturated heterocycles. The highest BCUT2D eigenvalue weighted by Gasteiger charge is 2.41. The Bertz CT molecular complexity index is 880. The SMILES string of the molecule is CN1CC2(CCN(c3cncnc3)CC2)COc2ccccc2S1(=O)=O. The summed E-state index contributed by atoms with van der Waals surface area (Å²) in [4.78, 5) is 10.7. The molecule has 3 heterocycles. The lowest BCUT2D eigenvalue weighted by Gasteiger charge is -2.44. The lowest BCUT2D eigenvalue weighted by Crippen LogP contribution is -2.50. The molecule has 26 heavy (non-hydrogen) atoms. The summed E-state index contributed by atoms with van der Waals surface area (Å²) >= 11 is 0. The molecule has 1 fully saturated rings. The van der Waals surface area contributed by atoms with Gasteiger partial charge < -0.3 is 9.64 Å². The summed E-state index contributed by atoms with van der Waals surface area (Å²) in [5.74, 6) is 0.442. The van der Waals surface area contributed by atoms with Gasteiger partial charge in [0.1, 0.15) is 17.0 Å². The van der Waals surface area contributed by atoms with Gasteiger partial charge >= 0.3 is 0 Å². The van der Waals surface area contributed by atoms with Gasteiger partial charge in [0.25, 0.3) is 0 Å². The molecule has 1 aromatic carbocycles. The van der Waals surface area contributed by atoms with Crippen LogP contribution in [0.4, 0.5) is 5.69 Å². The topological polar surface area (TPSA) is 75.6 Å². The second-order valence-electron chi connectivity index (χ2n) is 7.08. The molecule has 0 radical (unpaired) electrons. The van der Waals surface area contributed by atoms with E-state index >= 15 is 0 Å². The minimum Gasteiger partial charge on any atom is -0.492 e. The van der Waals surface area contributed by atoms with E-state index in [0.717, 1.165) is 31.6 Å². The van der Waals surface area contributed by atoms with Gasteiger partial charge in [0.05, 0.1) is 24.7 Å². The van der Waals surface area contributed by atoms with Crippen LogP contribution in [0, 0.1) is 5.41 Å². The van der Waals surface area contributed by atoms with Gasteiger partial charge in [0.15, 0.2) is 0 Å². The van der Waals surface area contributed by atoms with Crippen LogP contribution in [0.1, 0.15) is 12.8 Å². The van der Waals surface area contributed by atoms with E-state index in [0.29, 0.717) is 18.9 Å². The summed E-state index contributed by atoms with van der Waals surface area (Å²) in [7, 11) is -1.88. The van der Waals surface area contributed by atoms with E-state index in [9.17, 15) is 8.42 Å². The van der Waals surface area contributed by atoms with Gasteiger partial charge in [-0.15, -0.1) is 0 Å². The zero-order valence-electron chi connectivity index (χ0n) is 14.7. The first-order chi connectivity index (χ1) is 12.5. The molecule has 8 heteroatoms. The molecule has 2 aliphatic rings. The first-order valence-electron chi connectivity index (χ1n) is 8.68. The van der Waals surface area contributed by atoms with Crippen molar-refractivity contribution in [1.29, 1.82) is 0 Å². The monoisotopic (exact) mass is 374 g/mol. The lowest BCUT2D eigenvalue weighted by atomic mass is 9.79. The van der Waals surface area contributed by atoms with Crippen LogP contribution in [0.2, 0.25) is 0 Å². The molecule has 0 N–H and O–H groups in total. The number of para-hydroxylation sites is 1. The van der Waals surface area contributed by atoms with Crippen molar-refractivity contribution < 1.29 is 13.2 Å². The average Bonchev–Trinajstić information content (AvgIpc) is 2.67. The first kappa shape index (κ1) is 17.2. The van der Waals surface area contributed by atoms with Gasteiger partial charge in [-0.25, -0.2) is 22.7 Å². The fraction of sp³-hybridized carbons (Fsp3) is 0.444. The molecular formula is C18H22N4O3S. The van der Waals surface area contributed by atoms with Crippen molar-refractivity contribution in [3.63, 3.8) is 0 Å². The molecule has 2 aliphatic heterocycles. The third-order valence-corrected chi connectivity index (χ3v) is 7.21. The molecule has 138 valence electrons. The number of anilines is 1. The van der Waals surface area contributed by atoms with Crippen LogP contribution < -0.4 is 9.64 Å². The van der Waals surface area contributed by atoms with Crippen LogP contribution in [-0.4, -0.2) is 56.0 Å². The van der Waals surface area contributed by atoms with Gasteiger partial charge in [-0.3, -0.25) is 0 Å². The maximum Gasteiger partial charge on any atom is 0.246 e. The second-order valence-corrected chi connectivity index (χ2v) is 9.09. The summed E-state index contributed by atoms with van der Waals surface area (Å²) in [6.07, 6.45) is 6.85. The largest absolute Gasteiger partial charge is 0.492 e. The van der Waals surface area contributed by atoms with Crippen molar-refractivity contribution in [1.82, 2.24) is 14.3 Å². The molecule has 4 rings (SSSR count). The third kappa shape index (κ3) is 3.03. The summed E-state index contributed by atoms with van der Waals surface area (Å²) in [5.41, 5.74) is 0.807. The van der Waals surface area contributed by atoms with Crippen molar-refractivity contribution in [2.75, 3.05) is 38.2 Å². The van der Waals surface area contributed by atoms with Crippen molar-refractivity contribution in [3.05, 3.63) is 43.0 Å². The number of rotatable bonds is 1. The van der Waals surface area contributed by atoms with Crippen LogP contribution in [0.25, 0.3) is 0 Å². The maximum absolute atomic E-state index is 12.9. The van der Waals surface area contributed by atoms with Crippen LogP contribution in [0.5, 0.6) is 5.75 Å². The predicted octanol–water partition coefficient (Wildman–Crippen LogP) is 1.78. The molecule has 0 amide bonds. The summed E-state index contributed by atoms with van der Waals surface area (Å²) in [6.45, 7) is 2.63. The molecule has 0 aliphatic carbocycles. The Morgan fingerprint density at radius 2 is 1.81 bits per heavy atom. The van der Waals surface area contributed by atoms with Gasteiger partial charge in [0, 0.05) is 32.1 Å². The minimum atomic E-state index is -3.55. The Morgan fingerprint density at radius 3 is 2.54 bits per heavy atom. The molecule has 1 spiro atoms. The summed E-state index contributed by atoms with van der Waals surface area (Å²) < 4.78 is 33.3. The molecule has 0 saturated carbocycles. The van der Waals surface area contributed by atoms with Crippen molar-refractivity contribution in [2.45, 2.75) is 17.7 Å². The Morgan fingerprint density at radius 1 is 1.12 bits per heavy atom. The normalized spacial score (nSPS) is 22.1. The molecule has 0 unspecified atom stereocenters. The van der Waals surface area contributed by atoms with E-state index in [-0.39, 0.29) is 10.3 Å². The van der Waals surface area contributed by atoms with E-state index in [1.54, 1.807) is 31.3 Å². The van der Waals surface area contributed by atoms with Crippen molar-refractivity contribution in [2.24, 2.45) is 5.41 Å². The first-order valence-corrected chi connectivity index (χ1v) is 10.1. The maximum atomic E-state index is 12.9. The van der Waals surface area contributed by atoms with E-state index in [1.807, 2.05) is 12.4 Å². The van der Waals surface area contributed by atoms with Crippen LogP contribution in [-0.2, 0) is 10.0 Å². The number of ether oxygens (including phenoxy) is 1. The Hall–Kier alpha value is -2.19. The lowest BCUT2D eigenvalue weighted by molar-refractivity contribution is 0.0875.